The van der Waals surface area contributed by atoms with Gasteiger partial charge in [-0.1, -0.05) is 0 Å². The molecule has 1 atom stereocenters. The first-order valence-corrected chi connectivity index (χ1v) is 6.74. The molecule has 1 aliphatic rings. The first-order valence-electron chi connectivity index (χ1n) is 6.74. The topological polar surface area (TPSA) is 109 Å². The molecule has 2 N–H and O–H groups in total. The zero-order chi connectivity index (χ0) is 15.6. The van der Waals surface area contributed by atoms with E-state index >= 15 is 0 Å². The fourth-order valence-corrected chi connectivity index (χ4v) is 2.31. The number of nitro groups is 1. The van der Waals surface area contributed by atoms with Crippen LogP contribution in [0.15, 0.2) is 12.3 Å². The SMILES string of the molecule is CCNc1ncc([N+](=O)[O-])cc1C(=O)N1CCC(C)(O)C1. The molecular formula is C13H18N4O4. The number of nitrogens with zero attached hydrogens (tertiary/aromatic N) is 3. The summed E-state index contributed by atoms with van der Waals surface area (Å²) < 4.78 is 0. The number of likely N-dealkylation sites (tertiary alicyclic amines) is 1. The van der Waals surface area contributed by atoms with Crippen molar-refractivity contribution in [2.75, 3.05) is 25.0 Å². The molecule has 8 nitrogen and oxygen atoms in total. The predicted molar refractivity (Wildman–Crippen MR) is 76.2 cm³/mol. The van der Waals surface area contributed by atoms with Crippen molar-refractivity contribution in [3.63, 3.8) is 0 Å². The van der Waals surface area contributed by atoms with Crippen LogP contribution in [0.25, 0.3) is 0 Å². The van der Waals surface area contributed by atoms with Crippen molar-refractivity contribution in [3.8, 4) is 0 Å². The van der Waals surface area contributed by atoms with Gasteiger partial charge in [0.1, 0.15) is 12.0 Å². The number of rotatable bonds is 4. The molecule has 0 aromatic carbocycles. The third-order valence-corrected chi connectivity index (χ3v) is 3.40. The van der Waals surface area contributed by atoms with E-state index in [1.54, 1.807) is 6.92 Å². The Morgan fingerprint density at radius 2 is 2.38 bits per heavy atom. The van der Waals surface area contributed by atoms with Gasteiger partial charge in [0.15, 0.2) is 0 Å². The number of pyridine rings is 1. The molecule has 1 aromatic heterocycles. The van der Waals surface area contributed by atoms with Gasteiger partial charge in [-0.05, 0) is 20.3 Å². The van der Waals surface area contributed by atoms with Crippen molar-refractivity contribution in [1.82, 2.24) is 9.88 Å². The first-order chi connectivity index (χ1) is 9.84. The highest BCUT2D eigenvalue weighted by atomic mass is 16.6. The minimum Gasteiger partial charge on any atom is -0.388 e. The molecule has 0 spiro atoms. The molecule has 1 aliphatic heterocycles. The fraction of sp³-hybridized carbons (Fsp3) is 0.538. The highest BCUT2D eigenvalue weighted by molar-refractivity contribution is 5.99. The number of hydrogen-bond acceptors (Lipinski definition) is 6. The first kappa shape index (κ1) is 15.2. The lowest BCUT2D eigenvalue weighted by atomic mass is 10.1. The molecule has 1 fully saturated rings. The second-order valence-corrected chi connectivity index (χ2v) is 5.35. The lowest BCUT2D eigenvalue weighted by molar-refractivity contribution is -0.385. The van der Waals surface area contributed by atoms with Gasteiger partial charge in [0.05, 0.1) is 16.1 Å². The van der Waals surface area contributed by atoms with E-state index in [4.69, 9.17) is 0 Å². The van der Waals surface area contributed by atoms with Gasteiger partial charge >= 0.3 is 0 Å². The lowest BCUT2D eigenvalue weighted by Crippen LogP contribution is -2.34. The fourth-order valence-electron chi connectivity index (χ4n) is 2.31. The van der Waals surface area contributed by atoms with Crippen LogP contribution in [0.2, 0.25) is 0 Å². The van der Waals surface area contributed by atoms with Crippen molar-refractivity contribution in [3.05, 3.63) is 27.9 Å². The van der Waals surface area contributed by atoms with E-state index in [0.29, 0.717) is 25.3 Å². The van der Waals surface area contributed by atoms with Gasteiger partial charge in [-0.2, -0.15) is 0 Å². The normalized spacial score (nSPS) is 21.4. The summed E-state index contributed by atoms with van der Waals surface area (Å²) in [6, 6.07) is 1.22. The summed E-state index contributed by atoms with van der Waals surface area (Å²) in [5.41, 5.74) is -0.989. The van der Waals surface area contributed by atoms with Gasteiger partial charge in [0, 0.05) is 25.7 Å². The van der Waals surface area contributed by atoms with Crippen LogP contribution in [0.4, 0.5) is 11.5 Å². The van der Waals surface area contributed by atoms with Crippen LogP contribution >= 0.6 is 0 Å². The van der Waals surface area contributed by atoms with Gasteiger partial charge in [0.25, 0.3) is 11.6 Å². The molecule has 21 heavy (non-hydrogen) atoms. The number of β-amino-alcohol motifs (C(OH)–C–C–N with tert-alkyl or cyclic N) is 1. The van der Waals surface area contributed by atoms with Gasteiger partial charge in [-0.3, -0.25) is 14.9 Å². The molecule has 2 rings (SSSR count). The van der Waals surface area contributed by atoms with Gasteiger partial charge in [0.2, 0.25) is 0 Å². The molecule has 1 aromatic rings. The predicted octanol–water partition coefficient (Wildman–Crippen LogP) is 1.02. The van der Waals surface area contributed by atoms with Crippen molar-refractivity contribution in [1.29, 1.82) is 0 Å². The molecule has 2 heterocycles. The Balaban J connectivity index is 2.33. The quantitative estimate of drug-likeness (QED) is 0.634. The minimum atomic E-state index is -0.915. The van der Waals surface area contributed by atoms with Crippen molar-refractivity contribution in [2.45, 2.75) is 25.9 Å². The van der Waals surface area contributed by atoms with E-state index in [9.17, 15) is 20.0 Å². The maximum atomic E-state index is 12.5. The maximum Gasteiger partial charge on any atom is 0.288 e. The zero-order valence-electron chi connectivity index (χ0n) is 12.0. The molecule has 0 bridgehead atoms. The summed E-state index contributed by atoms with van der Waals surface area (Å²) in [5.74, 6) is -0.0421. The Bertz CT molecular complexity index is 573. The van der Waals surface area contributed by atoms with Crippen LogP contribution in [0.5, 0.6) is 0 Å². The number of carbonyl (C=O) groups excluding carboxylic acids is 1. The standard InChI is InChI=1S/C13H18N4O4/c1-3-14-11-10(6-9(7-15-11)17(20)21)12(18)16-5-4-13(2,19)8-16/h6-7,19H,3-5,8H2,1-2H3,(H,14,15). The molecule has 0 aliphatic carbocycles. The average Bonchev–Trinajstić information content (AvgIpc) is 2.79. The molecule has 0 radical (unpaired) electrons. The Labute approximate surface area is 121 Å². The van der Waals surface area contributed by atoms with E-state index in [-0.39, 0.29) is 23.7 Å². The Kier molecular flexibility index (Phi) is 4.08. The Morgan fingerprint density at radius 1 is 1.67 bits per heavy atom. The zero-order valence-corrected chi connectivity index (χ0v) is 12.0. The summed E-state index contributed by atoms with van der Waals surface area (Å²) in [6.45, 7) is 4.68. The number of nitrogens with one attached hydrogen (secondary N) is 1. The number of aromatic nitrogens is 1. The summed E-state index contributed by atoms with van der Waals surface area (Å²) in [7, 11) is 0. The smallest absolute Gasteiger partial charge is 0.288 e. The largest absolute Gasteiger partial charge is 0.388 e. The van der Waals surface area contributed by atoms with E-state index < -0.39 is 10.5 Å². The third kappa shape index (κ3) is 3.27. The van der Waals surface area contributed by atoms with Gasteiger partial charge in [-0.15, -0.1) is 0 Å². The van der Waals surface area contributed by atoms with E-state index in [2.05, 4.69) is 10.3 Å². The second kappa shape index (κ2) is 5.65. The van der Waals surface area contributed by atoms with E-state index in [0.717, 1.165) is 6.20 Å². The number of carbonyl (C=O) groups is 1. The molecular weight excluding hydrogens is 276 g/mol. The Hall–Kier alpha value is -2.22. The molecule has 8 heteroatoms. The molecule has 1 amide bonds. The third-order valence-electron chi connectivity index (χ3n) is 3.40. The van der Waals surface area contributed by atoms with Crippen LogP contribution in [0.3, 0.4) is 0 Å². The van der Waals surface area contributed by atoms with E-state index in [1.165, 1.54) is 11.0 Å². The van der Waals surface area contributed by atoms with Crippen molar-refractivity contribution < 1.29 is 14.8 Å². The summed E-state index contributed by atoms with van der Waals surface area (Å²) in [5, 5.41) is 23.7. The van der Waals surface area contributed by atoms with Crippen LogP contribution in [0.1, 0.15) is 30.6 Å². The molecule has 1 unspecified atom stereocenters. The summed E-state index contributed by atoms with van der Waals surface area (Å²) in [4.78, 5) is 28.2. The molecule has 1 saturated heterocycles. The van der Waals surface area contributed by atoms with E-state index in [1.807, 2.05) is 6.92 Å². The highest BCUT2D eigenvalue weighted by Gasteiger charge is 2.35. The minimum absolute atomic E-state index is 0.156. The Morgan fingerprint density at radius 3 is 2.90 bits per heavy atom. The summed E-state index contributed by atoms with van der Waals surface area (Å²) >= 11 is 0. The number of aliphatic hydroxyl groups is 1. The molecule has 0 saturated carbocycles. The molecule has 114 valence electrons. The number of anilines is 1. The second-order valence-electron chi connectivity index (χ2n) is 5.35. The van der Waals surface area contributed by atoms with Crippen LogP contribution in [-0.4, -0.2) is 51.1 Å². The number of hydrogen-bond donors (Lipinski definition) is 2. The monoisotopic (exact) mass is 294 g/mol. The van der Waals surface area contributed by atoms with Crippen LogP contribution in [0, 0.1) is 10.1 Å². The van der Waals surface area contributed by atoms with Crippen molar-refractivity contribution >= 4 is 17.4 Å². The maximum absolute atomic E-state index is 12.5. The highest BCUT2D eigenvalue weighted by Crippen LogP contribution is 2.26. The van der Waals surface area contributed by atoms with Gasteiger partial charge in [-0.25, -0.2) is 4.98 Å². The van der Waals surface area contributed by atoms with Crippen LogP contribution < -0.4 is 5.32 Å². The summed E-state index contributed by atoms with van der Waals surface area (Å²) in [6.07, 6.45) is 1.60. The van der Waals surface area contributed by atoms with Crippen LogP contribution in [-0.2, 0) is 0 Å². The van der Waals surface area contributed by atoms with Crippen molar-refractivity contribution in [2.24, 2.45) is 0 Å². The lowest BCUT2D eigenvalue weighted by Gasteiger charge is -2.20. The van der Waals surface area contributed by atoms with Gasteiger partial charge < -0.3 is 15.3 Å². The average molecular weight is 294 g/mol. The number of amides is 1.